The first-order chi connectivity index (χ1) is 20.6. The van der Waals surface area contributed by atoms with Crippen molar-refractivity contribution >= 4 is 51.5 Å². The summed E-state index contributed by atoms with van der Waals surface area (Å²) in [6.07, 6.45) is 3.39. The number of benzene rings is 2. The van der Waals surface area contributed by atoms with E-state index >= 15 is 0 Å². The lowest BCUT2D eigenvalue weighted by Crippen LogP contribution is -2.33. The zero-order chi connectivity index (χ0) is 31.1. The van der Waals surface area contributed by atoms with Gasteiger partial charge in [-0.05, 0) is 75.4 Å². The van der Waals surface area contributed by atoms with Crippen molar-refractivity contribution in [1.82, 2.24) is 5.43 Å². The summed E-state index contributed by atoms with van der Waals surface area (Å²) in [5, 5.41) is 17.6. The molecule has 0 bridgehead atoms. The highest BCUT2D eigenvalue weighted by atomic mass is 32.1. The summed E-state index contributed by atoms with van der Waals surface area (Å²) in [5.41, 5.74) is 4.10. The first-order valence-electron chi connectivity index (χ1n) is 13.2. The van der Waals surface area contributed by atoms with E-state index in [9.17, 15) is 29.3 Å². The van der Waals surface area contributed by atoms with E-state index in [0.29, 0.717) is 23.3 Å². The number of ether oxygens (including phenoxy) is 3. The van der Waals surface area contributed by atoms with Crippen LogP contribution < -0.4 is 20.2 Å². The van der Waals surface area contributed by atoms with Gasteiger partial charge in [-0.15, -0.1) is 11.3 Å². The lowest BCUT2D eigenvalue weighted by molar-refractivity contribution is -0.384. The minimum absolute atomic E-state index is 0.0851. The minimum atomic E-state index is -1.04. The highest BCUT2D eigenvalue weighted by Crippen LogP contribution is 2.38. The van der Waals surface area contributed by atoms with E-state index in [1.807, 2.05) is 0 Å². The van der Waals surface area contributed by atoms with Crippen LogP contribution in [0.1, 0.15) is 63.4 Å². The molecule has 1 aromatic heterocycles. The zero-order valence-corrected chi connectivity index (χ0v) is 24.4. The number of hydrazone groups is 1. The Labute approximate surface area is 250 Å². The minimum Gasteiger partial charge on any atom is -0.493 e. The van der Waals surface area contributed by atoms with Crippen molar-refractivity contribution in [3.8, 4) is 11.5 Å². The quantitative estimate of drug-likeness (QED) is 0.0889. The van der Waals surface area contributed by atoms with Crippen LogP contribution in [0, 0.1) is 10.1 Å². The second-order valence-corrected chi connectivity index (χ2v) is 10.4. The molecule has 13 nitrogen and oxygen atoms in total. The van der Waals surface area contributed by atoms with E-state index < -0.39 is 28.7 Å². The van der Waals surface area contributed by atoms with Gasteiger partial charge in [0, 0.05) is 22.6 Å². The van der Waals surface area contributed by atoms with Crippen molar-refractivity contribution in [2.24, 2.45) is 5.10 Å². The Morgan fingerprint density at radius 3 is 2.35 bits per heavy atom. The van der Waals surface area contributed by atoms with Crippen LogP contribution in [-0.4, -0.2) is 48.1 Å². The molecule has 2 aromatic carbocycles. The number of non-ortho nitro benzene ring substituents is 1. The van der Waals surface area contributed by atoms with Crippen LogP contribution in [0.4, 0.5) is 10.7 Å². The summed E-state index contributed by atoms with van der Waals surface area (Å²) < 4.78 is 15.9. The fourth-order valence-electron chi connectivity index (χ4n) is 4.34. The Morgan fingerprint density at radius 1 is 0.977 bits per heavy atom. The molecule has 0 atom stereocenters. The molecule has 0 aliphatic heterocycles. The van der Waals surface area contributed by atoms with Gasteiger partial charge >= 0.3 is 23.8 Å². The Morgan fingerprint density at radius 2 is 1.67 bits per heavy atom. The molecule has 0 saturated carbocycles. The molecule has 14 heteroatoms. The number of esters is 2. The molecule has 0 spiro atoms. The van der Waals surface area contributed by atoms with Crippen LogP contribution in [0.5, 0.6) is 11.5 Å². The zero-order valence-electron chi connectivity index (χ0n) is 23.6. The predicted molar refractivity (Wildman–Crippen MR) is 157 cm³/mol. The average Bonchev–Trinajstić information content (AvgIpc) is 3.37. The van der Waals surface area contributed by atoms with E-state index in [0.717, 1.165) is 29.7 Å². The normalized spacial score (nSPS) is 12.5. The number of thiophene rings is 1. The van der Waals surface area contributed by atoms with Crippen LogP contribution in [0.3, 0.4) is 0 Å². The van der Waals surface area contributed by atoms with Gasteiger partial charge < -0.3 is 19.5 Å². The molecular weight excluding hydrogens is 580 g/mol. The number of methoxy groups -OCH3 is 1. The second kappa shape index (κ2) is 13.7. The molecular formula is C29H28N4O9S. The van der Waals surface area contributed by atoms with Gasteiger partial charge in [0.25, 0.3) is 5.69 Å². The number of anilines is 1. The van der Waals surface area contributed by atoms with E-state index in [4.69, 9.17) is 14.2 Å². The molecule has 0 fully saturated rings. The summed E-state index contributed by atoms with van der Waals surface area (Å²) in [6, 6.07) is 9.49. The number of nitro benzene ring substituents is 1. The topological polar surface area (TPSA) is 176 Å². The number of hydrogen-bond donors (Lipinski definition) is 2. The van der Waals surface area contributed by atoms with Crippen molar-refractivity contribution in [3.63, 3.8) is 0 Å². The number of nitrogens with zero attached hydrogens (tertiary/aromatic N) is 2. The van der Waals surface area contributed by atoms with Gasteiger partial charge in [0.2, 0.25) is 0 Å². The smallest absolute Gasteiger partial charge is 0.343 e. The van der Waals surface area contributed by atoms with Gasteiger partial charge in [-0.3, -0.25) is 19.7 Å². The molecule has 3 aromatic rings. The van der Waals surface area contributed by atoms with Gasteiger partial charge in [-0.2, -0.15) is 5.10 Å². The molecule has 1 heterocycles. The number of nitro groups is 1. The monoisotopic (exact) mass is 608 g/mol. The van der Waals surface area contributed by atoms with Crippen LogP contribution in [0.25, 0.3) is 0 Å². The number of amides is 2. The molecule has 0 radical (unpaired) electrons. The summed E-state index contributed by atoms with van der Waals surface area (Å²) in [6.45, 7) is 3.46. The summed E-state index contributed by atoms with van der Waals surface area (Å²) in [7, 11) is 1.37. The standard InChI is InChI=1S/C29H28N4O9S/c1-4-41-29(37)24-20-7-5-6-8-23(20)43-27(24)30-25(34)26(35)32-31-16(2)18-11-14-21(22(15-18)40-3)42-28(36)17-9-12-19(13-10-17)33(38)39/h9-15H,4-8H2,1-3H3,(H,30,34)(H,32,35)/b31-16+. The van der Waals surface area contributed by atoms with Gasteiger partial charge in [0.1, 0.15) is 5.00 Å². The lowest BCUT2D eigenvalue weighted by Gasteiger charge is -2.12. The average molecular weight is 609 g/mol. The number of carbonyl (C=O) groups is 4. The summed E-state index contributed by atoms with van der Waals surface area (Å²) >= 11 is 1.27. The first kappa shape index (κ1) is 30.8. The van der Waals surface area contributed by atoms with Crippen LogP contribution in [0.15, 0.2) is 47.6 Å². The number of fused-ring (bicyclic) bond motifs is 1. The summed E-state index contributed by atoms with van der Waals surface area (Å²) in [4.78, 5) is 61.6. The van der Waals surface area contributed by atoms with Crippen LogP contribution in [0.2, 0.25) is 0 Å². The Kier molecular flexibility index (Phi) is 9.83. The Bertz CT molecular complexity index is 1610. The van der Waals surface area contributed by atoms with E-state index in [1.165, 1.54) is 54.8 Å². The van der Waals surface area contributed by atoms with Crippen molar-refractivity contribution < 1.29 is 38.3 Å². The predicted octanol–water partition coefficient (Wildman–Crippen LogP) is 4.42. The van der Waals surface area contributed by atoms with Crippen molar-refractivity contribution in [2.45, 2.75) is 39.5 Å². The number of hydrogen-bond acceptors (Lipinski definition) is 11. The molecule has 2 amide bonds. The van der Waals surface area contributed by atoms with Gasteiger partial charge in [-0.25, -0.2) is 15.0 Å². The number of carbonyl (C=O) groups excluding carboxylic acids is 4. The molecule has 1 aliphatic rings. The van der Waals surface area contributed by atoms with Gasteiger partial charge in [0.15, 0.2) is 11.5 Å². The highest BCUT2D eigenvalue weighted by molar-refractivity contribution is 7.17. The Hall–Kier alpha value is -5.11. The van der Waals surface area contributed by atoms with Crippen molar-refractivity contribution in [1.29, 1.82) is 0 Å². The molecule has 0 saturated heterocycles. The third-order valence-corrected chi connectivity index (χ3v) is 7.71. The van der Waals surface area contributed by atoms with E-state index in [2.05, 4.69) is 15.8 Å². The molecule has 2 N–H and O–H groups in total. The fourth-order valence-corrected chi connectivity index (χ4v) is 5.61. The first-order valence-corrected chi connectivity index (χ1v) is 14.1. The maximum Gasteiger partial charge on any atom is 0.343 e. The third-order valence-electron chi connectivity index (χ3n) is 6.51. The number of rotatable bonds is 9. The lowest BCUT2D eigenvalue weighted by atomic mass is 9.95. The highest BCUT2D eigenvalue weighted by Gasteiger charge is 2.28. The van der Waals surface area contributed by atoms with Crippen LogP contribution in [-0.2, 0) is 27.2 Å². The largest absolute Gasteiger partial charge is 0.493 e. The van der Waals surface area contributed by atoms with E-state index in [1.54, 1.807) is 19.9 Å². The molecule has 43 heavy (non-hydrogen) atoms. The maximum absolute atomic E-state index is 12.7. The second-order valence-electron chi connectivity index (χ2n) is 9.29. The maximum atomic E-state index is 12.7. The van der Waals surface area contributed by atoms with E-state index in [-0.39, 0.29) is 34.4 Å². The third kappa shape index (κ3) is 7.22. The van der Waals surface area contributed by atoms with Crippen molar-refractivity contribution in [3.05, 3.63) is 79.7 Å². The Balaban J connectivity index is 1.42. The van der Waals surface area contributed by atoms with Crippen LogP contribution >= 0.6 is 11.3 Å². The number of nitrogens with one attached hydrogen (secondary N) is 2. The van der Waals surface area contributed by atoms with Crippen molar-refractivity contribution in [2.75, 3.05) is 19.0 Å². The SMILES string of the molecule is CCOC(=O)c1c(NC(=O)C(=O)N/N=C(\C)c2ccc(OC(=O)c3ccc([N+](=O)[O-])cc3)c(OC)c2)sc2c1CCCC2. The molecule has 0 unspecified atom stereocenters. The fraction of sp³-hybridized carbons (Fsp3) is 0.276. The molecule has 1 aliphatic carbocycles. The number of aryl methyl sites for hydroxylation is 1. The van der Waals surface area contributed by atoms with Gasteiger partial charge in [-0.1, -0.05) is 0 Å². The molecule has 224 valence electrons. The summed E-state index contributed by atoms with van der Waals surface area (Å²) in [5.74, 6) is -3.06. The molecule has 4 rings (SSSR count). The van der Waals surface area contributed by atoms with Gasteiger partial charge in [0.05, 0.1) is 35.5 Å².